The lowest BCUT2D eigenvalue weighted by atomic mass is 9.95. The summed E-state index contributed by atoms with van der Waals surface area (Å²) in [5.74, 6) is 0.673. The number of hydrogen-bond donors (Lipinski definition) is 2. The smallest absolute Gasteiger partial charge is 0.273 e. The number of carbonyl (C=O) groups is 1. The quantitative estimate of drug-likeness (QED) is 0.415. The molecule has 0 saturated heterocycles. The lowest BCUT2D eigenvalue weighted by molar-refractivity contribution is 0.0730. The number of carbonyl (C=O) groups excluding carboxylic acids is 1. The molecule has 0 fully saturated rings. The predicted octanol–water partition coefficient (Wildman–Crippen LogP) is 4.49. The van der Waals surface area contributed by atoms with E-state index in [0.29, 0.717) is 30.1 Å². The van der Waals surface area contributed by atoms with Gasteiger partial charge >= 0.3 is 0 Å². The van der Waals surface area contributed by atoms with Gasteiger partial charge in [-0.1, -0.05) is 43.0 Å². The van der Waals surface area contributed by atoms with Gasteiger partial charge in [-0.05, 0) is 41.5 Å². The standard InChI is InChI=1S/C26H22N4O3/c1-2-14-33-19-11-9-18(10-12-19)25-22-23(20-7-3-4-8-21(20)31)28-29-24(22)26(32)30(25)16-17-6-5-13-27-15-17/h2-13,15,25,31H,1,14,16H2,(H,28,29)/t25-/m0/s1. The lowest BCUT2D eigenvalue weighted by Crippen LogP contribution is -2.29. The van der Waals surface area contributed by atoms with Crippen molar-refractivity contribution in [1.29, 1.82) is 0 Å². The summed E-state index contributed by atoms with van der Waals surface area (Å²) >= 11 is 0. The molecule has 5 rings (SSSR count). The van der Waals surface area contributed by atoms with Crippen LogP contribution in [0, 0.1) is 0 Å². The zero-order chi connectivity index (χ0) is 22.8. The normalized spacial score (nSPS) is 14.8. The van der Waals surface area contributed by atoms with Crippen molar-refractivity contribution in [3.63, 3.8) is 0 Å². The molecule has 7 heteroatoms. The summed E-state index contributed by atoms with van der Waals surface area (Å²) in [5.41, 5.74) is 4.13. The monoisotopic (exact) mass is 438 g/mol. The van der Waals surface area contributed by atoms with Crippen LogP contribution in [0.5, 0.6) is 11.5 Å². The summed E-state index contributed by atoms with van der Waals surface area (Å²) in [6, 6.07) is 18.0. The third-order valence-electron chi connectivity index (χ3n) is 5.66. The highest BCUT2D eigenvalue weighted by molar-refractivity contribution is 6.00. The third kappa shape index (κ3) is 3.74. The molecule has 164 valence electrons. The number of fused-ring (bicyclic) bond motifs is 1. The minimum atomic E-state index is -0.394. The van der Waals surface area contributed by atoms with Crippen LogP contribution in [-0.2, 0) is 6.54 Å². The molecule has 0 bridgehead atoms. The largest absolute Gasteiger partial charge is 0.507 e. The highest BCUT2D eigenvalue weighted by Gasteiger charge is 2.42. The Morgan fingerprint density at radius 1 is 1.12 bits per heavy atom. The SMILES string of the molecule is C=CCOc1ccc([C@H]2c3c(-c4ccccc4O)n[nH]c3C(=O)N2Cc2cccnc2)cc1. The first kappa shape index (κ1) is 20.5. The van der Waals surface area contributed by atoms with Crippen molar-refractivity contribution in [2.24, 2.45) is 0 Å². The second-order valence-corrected chi connectivity index (χ2v) is 7.74. The Balaban J connectivity index is 1.61. The highest BCUT2D eigenvalue weighted by atomic mass is 16.5. The zero-order valence-corrected chi connectivity index (χ0v) is 17.8. The van der Waals surface area contributed by atoms with E-state index in [1.807, 2.05) is 42.5 Å². The van der Waals surface area contributed by atoms with Crippen LogP contribution in [-0.4, -0.2) is 37.7 Å². The Morgan fingerprint density at radius 2 is 1.94 bits per heavy atom. The van der Waals surface area contributed by atoms with Gasteiger partial charge in [0.25, 0.3) is 5.91 Å². The first-order valence-corrected chi connectivity index (χ1v) is 10.6. The fourth-order valence-electron chi connectivity index (χ4n) is 4.18. The number of nitrogens with zero attached hydrogens (tertiary/aromatic N) is 3. The average Bonchev–Trinajstić information content (AvgIpc) is 3.38. The number of benzene rings is 2. The number of pyridine rings is 1. The molecule has 0 spiro atoms. The number of hydrogen-bond acceptors (Lipinski definition) is 5. The van der Waals surface area contributed by atoms with E-state index < -0.39 is 6.04 Å². The summed E-state index contributed by atoms with van der Waals surface area (Å²) < 4.78 is 5.62. The molecule has 7 nitrogen and oxygen atoms in total. The van der Waals surface area contributed by atoms with Gasteiger partial charge in [0, 0.05) is 30.1 Å². The van der Waals surface area contributed by atoms with Crippen molar-refractivity contribution in [1.82, 2.24) is 20.1 Å². The molecule has 1 aliphatic heterocycles. The van der Waals surface area contributed by atoms with Gasteiger partial charge < -0.3 is 14.7 Å². The molecule has 1 aliphatic rings. The Labute approximate surface area is 191 Å². The van der Waals surface area contributed by atoms with E-state index in [-0.39, 0.29) is 11.7 Å². The Hall–Kier alpha value is -4.39. The Morgan fingerprint density at radius 3 is 2.67 bits per heavy atom. The molecule has 1 atom stereocenters. The fourth-order valence-corrected chi connectivity index (χ4v) is 4.18. The van der Waals surface area contributed by atoms with Gasteiger partial charge in [-0.2, -0.15) is 5.10 Å². The van der Waals surface area contributed by atoms with Crippen molar-refractivity contribution in [2.75, 3.05) is 6.61 Å². The van der Waals surface area contributed by atoms with Crippen LogP contribution in [0.4, 0.5) is 0 Å². The maximum atomic E-state index is 13.5. The molecule has 3 heterocycles. The van der Waals surface area contributed by atoms with Crippen LogP contribution in [0.2, 0.25) is 0 Å². The van der Waals surface area contributed by atoms with Crippen molar-refractivity contribution in [2.45, 2.75) is 12.6 Å². The van der Waals surface area contributed by atoms with E-state index in [4.69, 9.17) is 4.74 Å². The van der Waals surface area contributed by atoms with Crippen LogP contribution in [0.1, 0.15) is 33.2 Å². The van der Waals surface area contributed by atoms with Crippen LogP contribution in [0.15, 0.2) is 85.7 Å². The Kier molecular flexibility index (Phi) is 5.36. The summed E-state index contributed by atoms with van der Waals surface area (Å²) in [7, 11) is 0. The molecular formula is C26H22N4O3. The minimum Gasteiger partial charge on any atom is -0.507 e. The third-order valence-corrected chi connectivity index (χ3v) is 5.66. The molecule has 0 unspecified atom stereocenters. The molecule has 4 aromatic rings. The van der Waals surface area contributed by atoms with Gasteiger partial charge in [0.1, 0.15) is 29.5 Å². The molecule has 1 amide bonds. The van der Waals surface area contributed by atoms with Gasteiger partial charge in [0.2, 0.25) is 0 Å². The maximum Gasteiger partial charge on any atom is 0.273 e. The number of ether oxygens (including phenoxy) is 1. The van der Waals surface area contributed by atoms with Gasteiger partial charge in [0.05, 0.1) is 6.04 Å². The summed E-state index contributed by atoms with van der Waals surface area (Å²) in [4.78, 5) is 19.4. The molecule has 2 aromatic heterocycles. The van der Waals surface area contributed by atoms with E-state index in [1.54, 1.807) is 41.6 Å². The first-order chi connectivity index (χ1) is 16.2. The van der Waals surface area contributed by atoms with Crippen LogP contribution >= 0.6 is 0 Å². The number of amides is 1. The topological polar surface area (TPSA) is 91.3 Å². The second kappa shape index (κ2) is 8.63. The lowest BCUT2D eigenvalue weighted by Gasteiger charge is -2.26. The van der Waals surface area contributed by atoms with Crippen molar-refractivity contribution in [3.05, 3.63) is 108 Å². The van der Waals surface area contributed by atoms with Crippen molar-refractivity contribution in [3.8, 4) is 22.8 Å². The summed E-state index contributed by atoms with van der Waals surface area (Å²) in [6.07, 6.45) is 5.15. The number of phenols is 1. The van der Waals surface area contributed by atoms with E-state index in [9.17, 15) is 9.90 Å². The van der Waals surface area contributed by atoms with Crippen LogP contribution in [0.3, 0.4) is 0 Å². The van der Waals surface area contributed by atoms with E-state index in [2.05, 4.69) is 21.8 Å². The van der Waals surface area contributed by atoms with Gasteiger partial charge in [-0.25, -0.2) is 0 Å². The van der Waals surface area contributed by atoms with Crippen LogP contribution in [0.25, 0.3) is 11.3 Å². The Bertz CT molecular complexity index is 1300. The molecule has 2 aromatic carbocycles. The van der Waals surface area contributed by atoms with Gasteiger partial charge in [0.15, 0.2) is 0 Å². The fraction of sp³-hybridized carbons (Fsp3) is 0.115. The molecule has 33 heavy (non-hydrogen) atoms. The number of phenolic OH excluding ortho intramolecular Hbond substituents is 1. The number of rotatable bonds is 7. The average molecular weight is 438 g/mol. The number of aromatic nitrogens is 3. The van der Waals surface area contributed by atoms with Gasteiger partial charge in [-0.15, -0.1) is 0 Å². The van der Waals surface area contributed by atoms with Crippen molar-refractivity contribution < 1.29 is 14.6 Å². The number of aromatic amines is 1. The number of para-hydroxylation sites is 1. The van der Waals surface area contributed by atoms with E-state index >= 15 is 0 Å². The maximum absolute atomic E-state index is 13.5. The second-order valence-electron chi connectivity index (χ2n) is 7.74. The van der Waals surface area contributed by atoms with Crippen molar-refractivity contribution >= 4 is 5.91 Å². The highest BCUT2D eigenvalue weighted by Crippen LogP contribution is 2.45. The van der Waals surface area contributed by atoms with Gasteiger partial charge in [-0.3, -0.25) is 14.9 Å². The van der Waals surface area contributed by atoms with Crippen LogP contribution < -0.4 is 4.74 Å². The van der Waals surface area contributed by atoms with E-state index in [0.717, 1.165) is 22.4 Å². The molecular weight excluding hydrogens is 416 g/mol. The summed E-state index contributed by atoms with van der Waals surface area (Å²) in [6.45, 7) is 4.47. The summed E-state index contributed by atoms with van der Waals surface area (Å²) in [5, 5.41) is 17.8. The minimum absolute atomic E-state index is 0.108. The molecule has 2 N–H and O–H groups in total. The number of H-pyrrole nitrogens is 1. The first-order valence-electron chi connectivity index (χ1n) is 10.6. The molecule has 0 saturated carbocycles. The number of aromatic hydroxyl groups is 1. The zero-order valence-electron chi connectivity index (χ0n) is 17.8. The predicted molar refractivity (Wildman–Crippen MR) is 124 cm³/mol. The molecule has 0 aliphatic carbocycles. The number of nitrogens with one attached hydrogen (secondary N) is 1. The molecule has 0 radical (unpaired) electrons. The van der Waals surface area contributed by atoms with E-state index in [1.165, 1.54) is 0 Å².